The summed E-state index contributed by atoms with van der Waals surface area (Å²) in [6.45, 7) is 0. The van der Waals surface area contributed by atoms with Crippen LogP contribution in [0.5, 0.6) is 0 Å². The molecule has 0 spiro atoms. The van der Waals surface area contributed by atoms with Gasteiger partial charge in [0.1, 0.15) is 0 Å². The Hall–Kier alpha value is -1.42. The maximum atomic E-state index is 11.6. The van der Waals surface area contributed by atoms with Crippen molar-refractivity contribution in [3.63, 3.8) is 0 Å². The summed E-state index contributed by atoms with van der Waals surface area (Å²) in [7, 11) is 0. The van der Waals surface area contributed by atoms with E-state index in [1.54, 1.807) is 6.20 Å². The maximum absolute atomic E-state index is 11.6. The van der Waals surface area contributed by atoms with Crippen LogP contribution >= 0.6 is 0 Å². The van der Waals surface area contributed by atoms with Gasteiger partial charge in [-0.05, 0) is 43.7 Å². The fraction of sp³-hybridized carbons (Fsp3) is 0.571. The molecule has 0 radical (unpaired) electrons. The number of aromatic nitrogens is 1. The zero-order valence-corrected chi connectivity index (χ0v) is 10.2. The predicted molar refractivity (Wildman–Crippen MR) is 65.1 cm³/mol. The van der Waals surface area contributed by atoms with Crippen LogP contribution in [0.1, 0.15) is 31.2 Å². The average Bonchev–Trinajstić information content (AvgIpc) is 2.98. The molecule has 18 heavy (non-hydrogen) atoms. The first-order chi connectivity index (χ1) is 8.71. The van der Waals surface area contributed by atoms with Gasteiger partial charge in [-0.25, -0.2) is 0 Å². The largest absolute Gasteiger partial charge is 0.481 e. The van der Waals surface area contributed by atoms with E-state index in [9.17, 15) is 9.90 Å². The highest BCUT2D eigenvalue weighted by Crippen LogP contribution is 2.50. The fourth-order valence-electron chi connectivity index (χ4n) is 3.31. The number of rotatable bonds is 4. The Morgan fingerprint density at radius 2 is 2.44 bits per heavy atom. The molecule has 0 amide bonds. The van der Waals surface area contributed by atoms with Crippen LogP contribution < -0.4 is 0 Å². The molecule has 0 aromatic carbocycles. The van der Waals surface area contributed by atoms with Gasteiger partial charge in [-0.1, -0.05) is 6.07 Å². The maximum Gasteiger partial charge on any atom is 0.312 e. The zero-order valence-electron chi connectivity index (χ0n) is 10.2. The van der Waals surface area contributed by atoms with Gasteiger partial charge in [-0.2, -0.15) is 0 Å². The van der Waals surface area contributed by atoms with Crippen molar-refractivity contribution in [2.75, 3.05) is 0 Å². The summed E-state index contributed by atoms with van der Waals surface area (Å²) in [5.74, 6) is -0.696. The Bertz CT molecular complexity index is 448. The van der Waals surface area contributed by atoms with Gasteiger partial charge in [-0.3, -0.25) is 9.78 Å². The number of hydrogen-bond acceptors (Lipinski definition) is 3. The Morgan fingerprint density at radius 1 is 1.56 bits per heavy atom. The molecule has 3 rings (SSSR count). The predicted octanol–water partition coefficient (Wildman–Crippen LogP) is 2.04. The van der Waals surface area contributed by atoms with E-state index in [4.69, 9.17) is 4.74 Å². The second-order valence-corrected chi connectivity index (χ2v) is 5.35. The third-order valence-corrected chi connectivity index (χ3v) is 4.32. The molecule has 0 saturated carbocycles. The third-order valence-electron chi connectivity index (χ3n) is 4.32. The molecule has 2 aliphatic heterocycles. The van der Waals surface area contributed by atoms with Crippen molar-refractivity contribution in [2.45, 2.75) is 44.3 Å². The summed E-state index contributed by atoms with van der Waals surface area (Å²) in [6.07, 6.45) is 7.61. The SMILES string of the molecule is O=C(O)C1(CCc2cccnc2)CC2CCC1O2. The molecule has 4 heteroatoms. The van der Waals surface area contributed by atoms with Gasteiger partial charge >= 0.3 is 5.97 Å². The number of aliphatic carboxylic acids is 1. The Morgan fingerprint density at radius 3 is 3.00 bits per heavy atom. The van der Waals surface area contributed by atoms with Crippen molar-refractivity contribution in [1.29, 1.82) is 0 Å². The molecule has 3 heterocycles. The standard InChI is InChI=1S/C14H17NO3/c16-13(17)14(8-11-3-4-12(14)18-11)6-5-10-2-1-7-15-9-10/h1-2,7,9,11-12H,3-6,8H2,(H,16,17). The van der Waals surface area contributed by atoms with E-state index in [0.29, 0.717) is 12.8 Å². The summed E-state index contributed by atoms with van der Waals surface area (Å²) in [6, 6.07) is 3.89. The first kappa shape index (κ1) is 11.7. The van der Waals surface area contributed by atoms with Crippen molar-refractivity contribution < 1.29 is 14.6 Å². The molecular weight excluding hydrogens is 230 g/mol. The van der Waals surface area contributed by atoms with Gasteiger partial charge < -0.3 is 9.84 Å². The van der Waals surface area contributed by atoms with Crippen LogP contribution in [0.15, 0.2) is 24.5 Å². The van der Waals surface area contributed by atoms with Crippen LogP contribution in [0.4, 0.5) is 0 Å². The number of carboxylic acids is 1. The van der Waals surface area contributed by atoms with Crippen LogP contribution in [0.25, 0.3) is 0 Å². The van der Waals surface area contributed by atoms with Crippen LogP contribution in [-0.2, 0) is 16.0 Å². The van der Waals surface area contributed by atoms with E-state index >= 15 is 0 Å². The molecule has 2 fully saturated rings. The molecule has 3 unspecified atom stereocenters. The summed E-state index contributed by atoms with van der Waals surface area (Å²) in [4.78, 5) is 15.7. The molecule has 1 aromatic heterocycles. The van der Waals surface area contributed by atoms with E-state index in [0.717, 1.165) is 24.8 Å². The first-order valence-corrected chi connectivity index (χ1v) is 6.48. The van der Waals surface area contributed by atoms with Gasteiger partial charge in [0.2, 0.25) is 0 Å². The highest BCUT2D eigenvalue weighted by atomic mass is 16.5. The number of nitrogens with zero attached hydrogens (tertiary/aromatic N) is 1. The van der Waals surface area contributed by atoms with Crippen LogP contribution in [0, 0.1) is 5.41 Å². The van der Waals surface area contributed by atoms with Gasteiger partial charge in [0.25, 0.3) is 0 Å². The Kier molecular flexibility index (Phi) is 2.82. The number of hydrogen-bond donors (Lipinski definition) is 1. The average molecular weight is 247 g/mol. The quantitative estimate of drug-likeness (QED) is 0.884. The van der Waals surface area contributed by atoms with Crippen LogP contribution in [0.3, 0.4) is 0 Å². The van der Waals surface area contributed by atoms with Crippen molar-refractivity contribution in [2.24, 2.45) is 5.41 Å². The van der Waals surface area contributed by atoms with Crippen molar-refractivity contribution in [3.8, 4) is 0 Å². The minimum absolute atomic E-state index is 0.0864. The molecule has 2 bridgehead atoms. The van der Waals surface area contributed by atoms with Crippen LogP contribution in [0.2, 0.25) is 0 Å². The van der Waals surface area contributed by atoms with E-state index in [1.165, 1.54) is 0 Å². The first-order valence-electron chi connectivity index (χ1n) is 6.48. The molecule has 1 aromatic rings. The monoisotopic (exact) mass is 247 g/mol. The van der Waals surface area contributed by atoms with E-state index < -0.39 is 11.4 Å². The van der Waals surface area contributed by atoms with Crippen molar-refractivity contribution in [3.05, 3.63) is 30.1 Å². The fourth-order valence-corrected chi connectivity index (χ4v) is 3.31. The van der Waals surface area contributed by atoms with E-state index in [2.05, 4.69) is 4.98 Å². The van der Waals surface area contributed by atoms with Crippen molar-refractivity contribution >= 4 is 5.97 Å². The minimum Gasteiger partial charge on any atom is -0.481 e. The highest BCUT2D eigenvalue weighted by molar-refractivity contribution is 5.76. The third kappa shape index (κ3) is 1.81. The van der Waals surface area contributed by atoms with Gasteiger partial charge in [0, 0.05) is 12.4 Å². The molecule has 4 nitrogen and oxygen atoms in total. The number of fused-ring (bicyclic) bond motifs is 2. The zero-order chi connectivity index (χ0) is 12.6. The van der Waals surface area contributed by atoms with Crippen LogP contribution in [-0.4, -0.2) is 28.3 Å². The smallest absolute Gasteiger partial charge is 0.312 e. The lowest BCUT2D eigenvalue weighted by Gasteiger charge is -2.30. The molecule has 1 N–H and O–H groups in total. The number of carbonyl (C=O) groups is 1. The number of pyridine rings is 1. The lowest BCUT2D eigenvalue weighted by molar-refractivity contribution is -0.152. The molecule has 2 aliphatic rings. The van der Waals surface area contributed by atoms with E-state index in [-0.39, 0.29) is 12.2 Å². The number of carboxylic acid groups (broad SMARTS) is 1. The van der Waals surface area contributed by atoms with Gasteiger partial charge in [0.05, 0.1) is 17.6 Å². The molecule has 0 aliphatic carbocycles. The topological polar surface area (TPSA) is 59.4 Å². The highest BCUT2D eigenvalue weighted by Gasteiger charge is 2.56. The second-order valence-electron chi connectivity index (χ2n) is 5.35. The van der Waals surface area contributed by atoms with Crippen molar-refractivity contribution in [1.82, 2.24) is 4.98 Å². The second kappa shape index (κ2) is 4.35. The molecule has 96 valence electrons. The summed E-state index contributed by atoms with van der Waals surface area (Å²) in [5, 5.41) is 9.57. The Balaban J connectivity index is 1.74. The summed E-state index contributed by atoms with van der Waals surface area (Å²) < 4.78 is 5.74. The summed E-state index contributed by atoms with van der Waals surface area (Å²) >= 11 is 0. The van der Waals surface area contributed by atoms with Gasteiger partial charge in [0.15, 0.2) is 0 Å². The minimum atomic E-state index is -0.696. The molecule has 3 atom stereocenters. The number of ether oxygens (including phenoxy) is 1. The molecular formula is C14H17NO3. The van der Waals surface area contributed by atoms with E-state index in [1.807, 2.05) is 18.3 Å². The summed E-state index contributed by atoms with van der Waals surface area (Å²) in [5.41, 5.74) is 0.430. The number of aryl methyl sites for hydroxylation is 1. The molecule has 2 saturated heterocycles. The lowest BCUT2D eigenvalue weighted by Crippen LogP contribution is -2.40. The normalized spacial score (nSPS) is 33.8. The van der Waals surface area contributed by atoms with Gasteiger partial charge in [-0.15, -0.1) is 0 Å². The Labute approximate surface area is 106 Å². The lowest BCUT2D eigenvalue weighted by atomic mass is 9.70.